The summed E-state index contributed by atoms with van der Waals surface area (Å²) in [4.78, 5) is 53.6. The van der Waals surface area contributed by atoms with Gasteiger partial charge in [-0.25, -0.2) is 4.57 Å². The van der Waals surface area contributed by atoms with Crippen molar-refractivity contribution in [2.75, 3.05) is 54.6 Å². The number of allylic oxidation sites excluding steroid dienone is 3. The monoisotopic (exact) mass is 967 g/mol. The average molecular weight is 967 g/mol. The van der Waals surface area contributed by atoms with Crippen molar-refractivity contribution in [3.8, 4) is 0 Å². The SMILES string of the molecule is CC[C@H]1OC(=O)C[C@@H](O)[C@H](C)[C@@H](O[C@@H]2O[C@H](C)[C@@H](O)[C@H](N(C)C)[C@H]2O)[C@@H](CCN2C[C@H](C)C[C@H](C)C2)C[C@@H](C)C(=O)C=CC(C)=C[C@@H]1CO[C@@H]1O[C@H](C)[C@@H](O)[C@@H](OC)[C@H]1OC.O=P(O)(O)O. The van der Waals surface area contributed by atoms with Crippen molar-refractivity contribution in [1.82, 2.24) is 9.80 Å². The third kappa shape index (κ3) is 17.6. The molecule has 0 aromatic heterocycles. The van der Waals surface area contributed by atoms with Gasteiger partial charge in [0.05, 0.1) is 49.6 Å². The number of cyclic esters (lactones) is 1. The molecule has 7 N–H and O–H groups in total. The normalized spacial score (nSPS) is 40.6. The van der Waals surface area contributed by atoms with Crippen LogP contribution >= 0.6 is 7.82 Å². The minimum absolute atomic E-state index is 0.0427. The molecule has 0 aliphatic carbocycles. The molecule has 384 valence electrons. The van der Waals surface area contributed by atoms with Gasteiger partial charge in [0.1, 0.15) is 30.5 Å². The fourth-order valence-corrected chi connectivity index (χ4v) is 10.0. The Morgan fingerprint density at radius 3 is 1.95 bits per heavy atom. The van der Waals surface area contributed by atoms with Crippen LogP contribution < -0.4 is 0 Å². The van der Waals surface area contributed by atoms with E-state index in [0.29, 0.717) is 31.1 Å². The second-order valence-electron chi connectivity index (χ2n) is 19.5. The summed E-state index contributed by atoms with van der Waals surface area (Å²) in [5.74, 6) is -1.46. The standard InChI is InChI=1S/C46H80N2O13.H3O4P/c1-13-36-33(24-57-46-44(56-12)43(55-11)40(53)31(8)59-46)19-25(2)14-15-34(49)28(5)20-32(16-17-48-22-26(3)18-27(4)23-48)42(29(6)35(50)21-37(51)60-36)61-45-41(54)38(47(9)10)39(52)30(7)58-45;1-5(2,3)4/h14-15,19,26-33,35-36,38-46,50,52-54H,13,16-18,20-24H2,1-12H3;(H3,1,2,3,4)/t26-,27+,28-,29+,30-,31-,32+,33-,35-,36-,38+,39-,40-,41-,42-,43-,44-,45+,46-;/m1./s1. The number of nitrogens with zero attached hydrogens (tertiary/aromatic N) is 2. The zero-order valence-corrected chi connectivity index (χ0v) is 42.0. The minimum Gasteiger partial charge on any atom is -0.462 e. The van der Waals surface area contributed by atoms with Crippen LogP contribution in [0.25, 0.3) is 0 Å². The molecule has 4 rings (SSSR count). The summed E-state index contributed by atoms with van der Waals surface area (Å²) in [5, 5.41) is 45.3. The molecular formula is C46H83N2O17P. The number of hydrogen-bond acceptors (Lipinski definition) is 16. The van der Waals surface area contributed by atoms with Crippen LogP contribution in [0.15, 0.2) is 23.8 Å². The summed E-state index contributed by atoms with van der Waals surface area (Å²) in [7, 11) is 1.90. The van der Waals surface area contributed by atoms with Gasteiger partial charge >= 0.3 is 13.8 Å². The Morgan fingerprint density at radius 1 is 0.818 bits per heavy atom. The van der Waals surface area contributed by atoms with Gasteiger partial charge in [-0.2, -0.15) is 0 Å². The number of aliphatic hydroxyl groups is 4. The minimum atomic E-state index is -4.64. The van der Waals surface area contributed by atoms with Crippen molar-refractivity contribution in [2.45, 2.75) is 167 Å². The van der Waals surface area contributed by atoms with E-state index in [0.717, 1.165) is 25.2 Å². The number of hydrogen-bond donors (Lipinski definition) is 7. The lowest BCUT2D eigenvalue weighted by Crippen LogP contribution is -2.63. The van der Waals surface area contributed by atoms with E-state index in [1.165, 1.54) is 20.6 Å². The molecule has 0 bridgehead atoms. The third-order valence-corrected chi connectivity index (χ3v) is 13.5. The van der Waals surface area contributed by atoms with Crippen LogP contribution in [-0.2, 0) is 47.3 Å². The lowest BCUT2D eigenvalue weighted by atomic mass is 9.79. The third-order valence-electron chi connectivity index (χ3n) is 13.5. The summed E-state index contributed by atoms with van der Waals surface area (Å²) in [6.07, 6.45) is -2.96. The Morgan fingerprint density at radius 2 is 1.39 bits per heavy atom. The number of aliphatic hydroxyl groups excluding tert-OH is 4. The second kappa shape index (κ2) is 27.0. The van der Waals surface area contributed by atoms with Crippen molar-refractivity contribution >= 4 is 19.6 Å². The van der Waals surface area contributed by atoms with E-state index >= 15 is 0 Å². The van der Waals surface area contributed by atoms with Crippen LogP contribution in [0, 0.1) is 35.5 Å². The second-order valence-corrected chi connectivity index (χ2v) is 20.5. The zero-order valence-electron chi connectivity index (χ0n) is 41.1. The van der Waals surface area contributed by atoms with Crippen LogP contribution in [0.2, 0.25) is 0 Å². The molecule has 0 saturated carbocycles. The molecule has 19 atom stereocenters. The van der Waals surface area contributed by atoms with E-state index in [1.807, 2.05) is 33.8 Å². The predicted octanol–water partition coefficient (Wildman–Crippen LogP) is 2.41. The van der Waals surface area contributed by atoms with E-state index in [4.69, 9.17) is 52.4 Å². The highest BCUT2D eigenvalue weighted by molar-refractivity contribution is 7.45. The molecule has 0 aromatic carbocycles. The molecule has 0 amide bonds. The number of rotatable bonds is 12. The fourth-order valence-electron chi connectivity index (χ4n) is 10.0. The van der Waals surface area contributed by atoms with E-state index < -0.39 is 111 Å². The van der Waals surface area contributed by atoms with Crippen LogP contribution in [0.4, 0.5) is 0 Å². The molecule has 4 aliphatic rings. The lowest BCUT2D eigenvalue weighted by molar-refractivity contribution is -0.304. The first-order valence-corrected chi connectivity index (χ1v) is 25.0. The van der Waals surface area contributed by atoms with Crippen molar-refractivity contribution in [1.29, 1.82) is 0 Å². The molecular weight excluding hydrogens is 883 g/mol. The Bertz CT molecular complexity index is 1580. The predicted molar refractivity (Wildman–Crippen MR) is 243 cm³/mol. The van der Waals surface area contributed by atoms with E-state index in [9.17, 15) is 30.0 Å². The van der Waals surface area contributed by atoms with Gasteiger partial charge in [-0.3, -0.25) is 9.59 Å². The first-order chi connectivity index (χ1) is 30.8. The van der Waals surface area contributed by atoms with E-state index in [2.05, 4.69) is 18.7 Å². The van der Waals surface area contributed by atoms with E-state index in [1.54, 1.807) is 45.0 Å². The van der Waals surface area contributed by atoms with Crippen LogP contribution in [0.5, 0.6) is 0 Å². The quantitative estimate of drug-likeness (QED) is 0.109. The number of phosphoric acid groups is 1. The molecule has 66 heavy (non-hydrogen) atoms. The maximum atomic E-state index is 14.0. The van der Waals surface area contributed by atoms with Gasteiger partial charge < -0.3 is 78.1 Å². The number of ketones is 1. The van der Waals surface area contributed by atoms with Gasteiger partial charge in [0, 0.05) is 45.1 Å². The molecule has 3 saturated heterocycles. The first kappa shape index (κ1) is 58.6. The highest BCUT2D eigenvalue weighted by atomic mass is 31.2. The molecule has 19 nitrogen and oxygen atoms in total. The average Bonchev–Trinajstić information content (AvgIpc) is 3.22. The first-order valence-electron chi connectivity index (χ1n) is 23.4. The number of likely N-dealkylation sites (tertiary alicyclic amines) is 1. The Kier molecular flexibility index (Phi) is 24.0. The molecule has 3 fully saturated rings. The molecule has 4 aliphatic heterocycles. The number of carbonyl (C=O) groups excluding carboxylic acids is 2. The Hall–Kier alpha value is -1.75. The Labute approximate surface area is 392 Å². The molecule has 0 unspecified atom stereocenters. The Balaban J connectivity index is 0.00000219. The van der Waals surface area contributed by atoms with Gasteiger partial charge in [-0.1, -0.05) is 52.3 Å². The summed E-state index contributed by atoms with van der Waals surface area (Å²) < 4.78 is 51.5. The van der Waals surface area contributed by atoms with Crippen LogP contribution in [-0.4, -0.2) is 191 Å². The highest BCUT2D eigenvalue weighted by Crippen LogP contribution is 2.36. The summed E-state index contributed by atoms with van der Waals surface area (Å²) in [6, 6.07) is -0.684. The van der Waals surface area contributed by atoms with Gasteiger partial charge in [0.2, 0.25) is 0 Å². The van der Waals surface area contributed by atoms with Crippen molar-refractivity contribution in [3.63, 3.8) is 0 Å². The van der Waals surface area contributed by atoms with Crippen LogP contribution in [0.3, 0.4) is 0 Å². The number of methoxy groups -OCH3 is 2. The van der Waals surface area contributed by atoms with Crippen LogP contribution in [0.1, 0.15) is 87.5 Å². The van der Waals surface area contributed by atoms with E-state index in [-0.39, 0.29) is 24.7 Å². The van der Waals surface area contributed by atoms with Gasteiger partial charge in [-0.15, -0.1) is 0 Å². The highest BCUT2D eigenvalue weighted by Gasteiger charge is 2.48. The maximum Gasteiger partial charge on any atom is 0.466 e. The number of esters is 1. The van der Waals surface area contributed by atoms with Crippen molar-refractivity contribution in [2.24, 2.45) is 35.5 Å². The maximum absolute atomic E-state index is 14.0. The molecule has 0 spiro atoms. The number of piperidine rings is 1. The number of carbonyl (C=O) groups is 2. The molecule has 0 radical (unpaired) electrons. The summed E-state index contributed by atoms with van der Waals surface area (Å²) >= 11 is 0. The zero-order chi connectivity index (χ0) is 49.8. The van der Waals surface area contributed by atoms with Gasteiger partial charge in [0.25, 0.3) is 0 Å². The topological polar surface area (TPSA) is 264 Å². The lowest BCUT2D eigenvalue weighted by Gasteiger charge is -2.47. The number of ether oxygens (including phenoxy) is 7. The van der Waals surface area contributed by atoms with Crippen molar-refractivity contribution in [3.05, 3.63) is 23.8 Å². The van der Waals surface area contributed by atoms with Gasteiger partial charge in [0.15, 0.2) is 18.4 Å². The summed E-state index contributed by atoms with van der Waals surface area (Å²) in [5.41, 5.74) is 0.761. The molecule has 4 heterocycles. The summed E-state index contributed by atoms with van der Waals surface area (Å²) in [6.45, 7) is 18.2. The number of likely N-dealkylation sites (N-methyl/N-ethyl adjacent to an activating group) is 1. The van der Waals surface area contributed by atoms with Crippen molar-refractivity contribution < 1.29 is 82.4 Å². The molecule has 20 heteroatoms. The van der Waals surface area contributed by atoms with Gasteiger partial charge in [-0.05, 0) is 90.9 Å². The fraction of sp³-hybridized carbons (Fsp3) is 0.870. The smallest absolute Gasteiger partial charge is 0.462 e. The largest absolute Gasteiger partial charge is 0.466 e. The molecule has 0 aromatic rings.